The second kappa shape index (κ2) is 4.95. The van der Waals surface area contributed by atoms with Crippen LogP contribution in [0.4, 0.5) is 19.1 Å². The predicted molar refractivity (Wildman–Crippen MR) is 65.2 cm³/mol. The lowest BCUT2D eigenvalue weighted by Crippen LogP contribution is -2.29. The lowest BCUT2D eigenvalue weighted by atomic mass is 10.2. The average molecular weight is 284 g/mol. The van der Waals surface area contributed by atoms with Crippen molar-refractivity contribution in [3.63, 3.8) is 0 Å². The highest BCUT2D eigenvalue weighted by atomic mass is 19.4. The highest BCUT2D eigenvalue weighted by Crippen LogP contribution is 2.28. The molecule has 8 heteroatoms. The fourth-order valence-electron chi connectivity index (χ4n) is 1.68. The number of alkyl halides is 3. The fraction of sp³-hybridized carbons (Fsp3) is 0.250. The number of halogens is 3. The Kier molecular flexibility index (Phi) is 3.47. The number of rotatable bonds is 2. The van der Waals surface area contributed by atoms with Crippen molar-refractivity contribution in [2.24, 2.45) is 7.05 Å². The number of carbonyl (C=O) groups excluding carboxylic acids is 1. The van der Waals surface area contributed by atoms with Crippen LogP contribution in [0.1, 0.15) is 16.1 Å². The number of aryl methyl sites for hydroxylation is 1. The van der Waals surface area contributed by atoms with E-state index in [1.165, 1.54) is 24.2 Å². The molecule has 0 aliphatic rings. The van der Waals surface area contributed by atoms with Crippen LogP contribution in [0.2, 0.25) is 0 Å². The molecule has 0 bridgehead atoms. The van der Waals surface area contributed by atoms with E-state index in [1.807, 2.05) is 0 Å². The molecule has 0 saturated heterocycles. The Morgan fingerprint density at radius 2 is 2.00 bits per heavy atom. The molecule has 106 valence electrons. The molecule has 0 aliphatic carbocycles. The maximum Gasteiger partial charge on any atom is 0.433 e. The van der Waals surface area contributed by atoms with E-state index >= 15 is 0 Å². The van der Waals surface area contributed by atoms with Gasteiger partial charge in [0.15, 0.2) is 0 Å². The molecule has 2 rings (SSSR count). The van der Waals surface area contributed by atoms with Crippen molar-refractivity contribution < 1.29 is 18.0 Å². The zero-order valence-electron chi connectivity index (χ0n) is 10.7. The Morgan fingerprint density at radius 1 is 1.30 bits per heavy atom. The second-order valence-electron chi connectivity index (χ2n) is 4.13. The summed E-state index contributed by atoms with van der Waals surface area (Å²) < 4.78 is 39.3. The molecule has 0 fully saturated rings. The van der Waals surface area contributed by atoms with E-state index in [-0.39, 0.29) is 5.56 Å². The monoisotopic (exact) mass is 284 g/mol. The molecule has 0 atom stereocenters. The summed E-state index contributed by atoms with van der Waals surface area (Å²) in [6.45, 7) is 0. The van der Waals surface area contributed by atoms with E-state index in [0.717, 1.165) is 12.3 Å². The van der Waals surface area contributed by atoms with Crippen LogP contribution in [-0.2, 0) is 13.2 Å². The maximum atomic E-state index is 12.6. The van der Waals surface area contributed by atoms with Gasteiger partial charge in [-0.05, 0) is 12.1 Å². The first-order chi connectivity index (χ1) is 9.30. The summed E-state index contributed by atoms with van der Waals surface area (Å²) in [5, 5.41) is 0. The smallest absolute Gasteiger partial charge is 0.320 e. The summed E-state index contributed by atoms with van der Waals surface area (Å²) in [6, 6.07) is 1.96. The normalized spacial score (nSPS) is 11.4. The van der Waals surface area contributed by atoms with Crippen LogP contribution >= 0.6 is 0 Å². The molecule has 0 aliphatic heterocycles. The molecular formula is C12H11F3N4O. The van der Waals surface area contributed by atoms with Crippen molar-refractivity contribution in [2.75, 3.05) is 11.9 Å². The van der Waals surface area contributed by atoms with Crippen molar-refractivity contribution >= 4 is 11.9 Å². The molecule has 2 heterocycles. The van der Waals surface area contributed by atoms with Crippen LogP contribution in [0.5, 0.6) is 0 Å². The number of imidazole rings is 1. The van der Waals surface area contributed by atoms with Crippen LogP contribution in [-0.4, -0.2) is 27.5 Å². The van der Waals surface area contributed by atoms with Crippen molar-refractivity contribution in [2.45, 2.75) is 6.18 Å². The molecule has 2 aromatic rings. The van der Waals surface area contributed by atoms with Gasteiger partial charge in [-0.3, -0.25) is 14.7 Å². The van der Waals surface area contributed by atoms with Crippen LogP contribution in [0.15, 0.2) is 30.7 Å². The Balaban J connectivity index is 2.32. The number of amides is 1. The topological polar surface area (TPSA) is 51.0 Å². The highest BCUT2D eigenvalue weighted by Gasteiger charge is 2.33. The van der Waals surface area contributed by atoms with Crippen molar-refractivity contribution in [1.29, 1.82) is 0 Å². The van der Waals surface area contributed by atoms with Gasteiger partial charge in [0.2, 0.25) is 5.95 Å². The van der Waals surface area contributed by atoms with Gasteiger partial charge >= 0.3 is 6.18 Å². The number of aromatic nitrogens is 3. The van der Waals surface area contributed by atoms with Crippen LogP contribution < -0.4 is 4.90 Å². The first kappa shape index (κ1) is 14.0. The molecule has 5 nitrogen and oxygen atoms in total. The SMILES string of the molecule is CN(C(=O)c1ccnc(C(F)(F)F)c1)c1nccn1C. The number of anilines is 1. The van der Waals surface area contributed by atoms with Gasteiger partial charge in [-0.1, -0.05) is 0 Å². The molecule has 0 saturated carbocycles. The van der Waals surface area contributed by atoms with Crippen molar-refractivity contribution in [1.82, 2.24) is 14.5 Å². The lowest BCUT2D eigenvalue weighted by molar-refractivity contribution is -0.141. The van der Waals surface area contributed by atoms with Gasteiger partial charge in [0.1, 0.15) is 5.69 Å². The van der Waals surface area contributed by atoms with Crippen molar-refractivity contribution in [3.05, 3.63) is 42.0 Å². The zero-order chi connectivity index (χ0) is 14.9. The lowest BCUT2D eigenvalue weighted by Gasteiger charge is -2.16. The number of hydrogen-bond donors (Lipinski definition) is 0. The summed E-state index contributed by atoms with van der Waals surface area (Å²) in [5.41, 5.74) is -1.20. The standard InChI is InChI=1S/C12H11F3N4O/c1-18-6-5-17-11(18)19(2)10(20)8-3-4-16-9(7-8)12(13,14)15/h3-7H,1-2H3. The summed E-state index contributed by atoms with van der Waals surface area (Å²) >= 11 is 0. The minimum atomic E-state index is -4.59. The van der Waals surface area contributed by atoms with Crippen molar-refractivity contribution in [3.8, 4) is 0 Å². The summed E-state index contributed by atoms with van der Waals surface area (Å²) in [4.78, 5) is 20.5. The van der Waals surface area contributed by atoms with Crippen LogP contribution in [0.25, 0.3) is 0 Å². The molecule has 0 unspecified atom stereocenters. The zero-order valence-corrected chi connectivity index (χ0v) is 10.7. The predicted octanol–water partition coefficient (Wildman–Crippen LogP) is 2.11. The van der Waals surface area contributed by atoms with E-state index in [4.69, 9.17) is 0 Å². The molecule has 1 amide bonds. The first-order valence-electron chi connectivity index (χ1n) is 5.59. The van der Waals surface area contributed by atoms with Crippen LogP contribution in [0, 0.1) is 0 Å². The molecule has 0 spiro atoms. The van der Waals surface area contributed by atoms with Gasteiger partial charge in [-0.15, -0.1) is 0 Å². The van der Waals surface area contributed by atoms with E-state index in [2.05, 4.69) is 9.97 Å². The Morgan fingerprint density at radius 3 is 2.55 bits per heavy atom. The number of nitrogens with zero attached hydrogens (tertiary/aromatic N) is 4. The van der Waals surface area contributed by atoms with Gasteiger partial charge in [-0.2, -0.15) is 13.2 Å². The third kappa shape index (κ3) is 2.63. The summed E-state index contributed by atoms with van der Waals surface area (Å²) in [6.07, 6.45) is -0.500. The molecule has 0 N–H and O–H groups in total. The third-order valence-electron chi connectivity index (χ3n) is 2.70. The largest absolute Gasteiger partial charge is 0.433 e. The summed E-state index contributed by atoms with van der Waals surface area (Å²) in [5.74, 6) is -0.257. The Labute approximate surface area is 112 Å². The average Bonchev–Trinajstić information content (AvgIpc) is 2.82. The van der Waals surface area contributed by atoms with E-state index in [9.17, 15) is 18.0 Å². The van der Waals surface area contributed by atoms with E-state index in [1.54, 1.807) is 17.8 Å². The van der Waals surface area contributed by atoms with E-state index < -0.39 is 17.8 Å². The second-order valence-corrected chi connectivity index (χ2v) is 4.13. The van der Waals surface area contributed by atoms with Gasteiger partial charge in [-0.25, -0.2) is 4.98 Å². The van der Waals surface area contributed by atoms with Crippen LogP contribution in [0.3, 0.4) is 0 Å². The van der Waals surface area contributed by atoms with Gasteiger partial charge in [0.05, 0.1) is 0 Å². The van der Waals surface area contributed by atoms with Gasteiger partial charge in [0, 0.05) is 38.2 Å². The Hall–Kier alpha value is -2.38. The number of pyridine rings is 1. The van der Waals surface area contributed by atoms with E-state index in [0.29, 0.717) is 5.95 Å². The molecule has 0 radical (unpaired) electrons. The first-order valence-corrected chi connectivity index (χ1v) is 5.59. The van der Waals surface area contributed by atoms with Gasteiger partial charge < -0.3 is 4.57 Å². The third-order valence-corrected chi connectivity index (χ3v) is 2.70. The minimum Gasteiger partial charge on any atom is -0.320 e. The molecular weight excluding hydrogens is 273 g/mol. The fourth-order valence-corrected chi connectivity index (χ4v) is 1.68. The minimum absolute atomic E-state index is 0.0992. The molecule has 2 aromatic heterocycles. The quantitative estimate of drug-likeness (QED) is 0.848. The Bertz CT molecular complexity index is 636. The van der Waals surface area contributed by atoms with Gasteiger partial charge in [0.25, 0.3) is 5.91 Å². The summed E-state index contributed by atoms with van der Waals surface area (Å²) in [7, 11) is 3.12. The number of hydrogen-bond acceptors (Lipinski definition) is 3. The number of carbonyl (C=O) groups is 1. The molecule has 20 heavy (non-hydrogen) atoms. The molecule has 0 aromatic carbocycles. The maximum absolute atomic E-state index is 12.6. The highest BCUT2D eigenvalue weighted by molar-refractivity contribution is 6.04.